The van der Waals surface area contributed by atoms with Crippen LogP contribution in [0.25, 0.3) is 54.6 Å². The minimum atomic E-state index is 0.849. The number of rotatable bonds is 2. The molecule has 6 rings (SSSR count). The molecule has 0 aromatic heterocycles. The first-order chi connectivity index (χ1) is 15.3. The van der Waals surface area contributed by atoms with Crippen LogP contribution in [-0.2, 0) is 0 Å². The van der Waals surface area contributed by atoms with Crippen LogP contribution >= 0.6 is 0 Å². The molecule has 0 saturated heterocycles. The number of fused-ring (bicyclic) bond motifs is 3. The zero-order valence-electron chi connectivity index (χ0n) is 17.0. The molecular formula is C30H21N. The molecule has 0 unspecified atom stereocenters. The fraction of sp³-hybridized carbons (Fsp3) is 0. The standard InChI is InChI=1S/C30H21N/c31-30-27-13-5-3-11-25(27)29(26-12-4-6-14-28(26)30)22-18-16-21(17-19-22)24-15-7-9-20-8-1-2-10-23(20)24/h1-19H,31H2. The summed E-state index contributed by atoms with van der Waals surface area (Å²) in [5.41, 5.74) is 12.3. The van der Waals surface area contributed by atoms with E-state index in [1.807, 2.05) is 0 Å². The van der Waals surface area contributed by atoms with Crippen molar-refractivity contribution in [3.63, 3.8) is 0 Å². The van der Waals surface area contributed by atoms with Gasteiger partial charge >= 0.3 is 0 Å². The lowest BCUT2D eigenvalue weighted by atomic mass is 9.89. The first kappa shape index (κ1) is 17.7. The minimum absolute atomic E-state index is 0.849. The molecule has 1 nitrogen and oxygen atoms in total. The maximum Gasteiger partial charge on any atom is 0.0473 e. The molecule has 0 bridgehead atoms. The van der Waals surface area contributed by atoms with Gasteiger partial charge in [-0.15, -0.1) is 0 Å². The van der Waals surface area contributed by atoms with E-state index in [0.717, 1.165) is 16.5 Å². The van der Waals surface area contributed by atoms with Crippen molar-refractivity contribution in [3.05, 3.63) is 115 Å². The highest BCUT2D eigenvalue weighted by Gasteiger charge is 2.13. The van der Waals surface area contributed by atoms with Crippen LogP contribution in [-0.4, -0.2) is 0 Å². The molecule has 1 heteroatoms. The van der Waals surface area contributed by atoms with Crippen LogP contribution in [0.5, 0.6) is 0 Å². The molecule has 2 N–H and O–H groups in total. The van der Waals surface area contributed by atoms with E-state index in [2.05, 4.69) is 115 Å². The van der Waals surface area contributed by atoms with Gasteiger partial charge in [0.1, 0.15) is 0 Å². The largest absolute Gasteiger partial charge is 0.398 e. The van der Waals surface area contributed by atoms with Gasteiger partial charge in [0.2, 0.25) is 0 Å². The second-order valence-corrected chi connectivity index (χ2v) is 7.98. The van der Waals surface area contributed by atoms with Gasteiger partial charge < -0.3 is 5.73 Å². The number of hydrogen-bond donors (Lipinski definition) is 1. The Hall–Kier alpha value is -4.10. The maximum atomic E-state index is 6.55. The molecule has 0 heterocycles. The predicted molar refractivity (Wildman–Crippen MR) is 134 cm³/mol. The van der Waals surface area contributed by atoms with Gasteiger partial charge in [-0.3, -0.25) is 0 Å². The molecule has 6 aromatic rings. The lowest BCUT2D eigenvalue weighted by Gasteiger charge is -2.15. The highest BCUT2D eigenvalue weighted by Crippen LogP contribution is 2.41. The Labute approximate surface area is 181 Å². The Morgan fingerprint density at radius 2 is 0.871 bits per heavy atom. The molecule has 0 radical (unpaired) electrons. The summed E-state index contributed by atoms with van der Waals surface area (Å²) < 4.78 is 0. The maximum absolute atomic E-state index is 6.55. The Kier molecular flexibility index (Phi) is 4.00. The van der Waals surface area contributed by atoms with Crippen molar-refractivity contribution in [1.82, 2.24) is 0 Å². The van der Waals surface area contributed by atoms with Gasteiger partial charge in [-0.2, -0.15) is 0 Å². The summed E-state index contributed by atoms with van der Waals surface area (Å²) in [5.74, 6) is 0. The van der Waals surface area contributed by atoms with Gasteiger partial charge in [0.05, 0.1) is 0 Å². The zero-order valence-corrected chi connectivity index (χ0v) is 17.0. The van der Waals surface area contributed by atoms with Crippen molar-refractivity contribution in [3.8, 4) is 22.3 Å². The third kappa shape index (κ3) is 2.78. The summed E-state index contributed by atoms with van der Waals surface area (Å²) in [6, 6.07) is 40.9. The van der Waals surface area contributed by atoms with Gasteiger partial charge in [0.25, 0.3) is 0 Å². The van der Waals surface area contributed by atoms with E-state index in [-0.39, 0.29) is 0 Å². The number of benzene rings is 6. The fourth-order valence-corrected chi connectivity index (χ4v) is 4.77. The third-order valence-corrected chi connectivity index (χ3v) is 6.25. The number of nitrogens with two attached hydrogens (primary N) is 1. The molecule has 146 valence electrons. The van der Waals surface area contributed by atoms with Crippen molar-refractivity contribution in [2.45, 2.75) is 0 Å². The number of nitrogen functional groups attached to an aromatic ring is 1. The summed E-state index contributed by atoms with van der Waals surface area (Å²) in [6.45, 7) is 0. The lowest BCUT2D eigenvalue weighted by Crippen LogP contribution is -1.93. The summed E-state index contributed by atoms with van der Waals surface area (Å²) in [4.78, 5) is 0. The molecule has 0 aliphatic carbocycles. The molecule has 31 heavy (non-hydrogen) atoms. The highest BCUT2D eigenvalue weighted by atomic mass is 14.6. The first-order valence-corrected chi connectivity index (χ1v) is 10.6. The van der Waals surface area contributed by atoms with Crippen LogP contribution in [0.3, 0.4) is 0 Å². The first-order valence-electron chi connectivity index (χ1n) is 10.6. The third-order valence-electron chi connectivity index (χ3n) is 6.25. The SMILES string of the molecule is Nc1c2ccccc2c(-c2ccc(-c3cccc4ccccc34)cc2)c2ccccc12. The van der Waals surface area contributed by atoms with E-state index < -0.39 is 0 Å². The molecule has 6 aromatic carbocycles. The monoisotopic (exact) mass is 395 g/mol. The van der Waals surface area contributed by atoms with Gasteiger partial charge in [0.15, 0.2) is 0 Å². The van der Waals surface area contributed by atoms with Gasteiger partial charge in [-0.05, 0) is 43.8 Å². The van der Waals surface area contributed by atoms with Crippen LogP contribution in [0.2, 0.25) is 0 Å². The normalized spacial score (nSPS) is 11.4. The second kappa shape index (κ2) is 7.00. The molecule has 0 spiro atoms. The average molecular weight is 396 g/mol. The molecule has 0 aliphatic heterocycles. The quantitative estimate of drug-likeness (QED) is 0.233. The van der Waals surface area contributed by atoms with Crippen molar-refractivity contribution in [2.24, 2.45) is 0 Å². The van der Waals surface area contributed by atoms with E-state index in [4.69, 9.17) is 5.73 Å². The van der Waals surface area contributed by atoms with E-state index in [9.17, 15) is 0 Å². The average Bonchev–Trinajstić information content (AvgIpc) is 2.84. The second-order valence-electron chi connectivity index (χ2n) is 7.98. The topological polar surface area (TPSA) is 26.0 Å². The van der Waals surface area contributed by atoms with Crippen molar-refractivity contribution >= 4 is 38.0 Å². The predicted octanol–water partition coefficient (Wildman–Crippen LogP) is 8.06. The van der Waals surface area contributed by atoms with Crippen LogP contribution < -0.4 is 5.73 Å². The van der Waals surface area contributed by atoms with Crippen molar-refractivity contribution < 1.29 is 0 Å². The molecule has 0 aliphatic rings. The molecule has 0 atom stereocenters. The lowest BCUT2D eigenvalue weighted by molar-refractivity contribution is 1.63. The van der Waals surface area contributed by atoms with Crippen LogP contribution in [0.4, 0.5) is 5.69 Å². The smallest absolute Gasteiger partial charge is 0.0473 e. The highest BCUT2D eigenvalue weighted by molar-refractivity contribution is 6.20. The Bertz CT molecular complexity index is 1510. The van der Waals surface area contributed by atoms with Crippen LogP contribution in [0.15, 0.2) is 115 Å². The molecule has 0 fully saturated rings. The Morgan fingerprint density at radius 3 is 1.52 bits per heavy atom. The fourth-order valence-electron chi connectivity index (χ4n) is 4.77. The van der Waals surface area contributed by atoms with Crippen LogP contribution in [0, 0.1) is 0 Å². The molecular weight excluding hydrogens is 374 g/mol. The van der Waals surface area contributed by atoms with Gasteiger partial charge in [-0.1, -0.05) is 115 Å². The summed E-state index contributed by atoms with van der Waals surface area (Å²) >= 11 is 0. The Morgan fingerprint density at radius 1 is 0.387 bits per heavy atom. The van der Waals surface area contributed by atoms with E-state index in [1.54, 1.807) is 0 Å². The summed E-state index contributed by atoms with van der Waals surface area (Å²) in [6.07, 6.45) is 0. The van der Waals surface area contributed by atoms with Crippen LogP contribution in [0.1, 0.15) is 0 Å². The van der Waals surface area contributed by atoms with Crippen molar-refractivity contribution in [2.75, 3.05) is 5.73 Å². The molecule has 0 amide bonds. The van der Waals surface area contributed by atoms with E-state index in [1.165, 1.54) is 43.8 Å². The minimum Gasteiger partial charge on any atom is -0.398 e. The summed E-state index contributed by atoms with van der Waals surface area (Å²) in [7, 11) is 0. The van der Waals surface area contributed by atoms with Gasteiger partial charge in [-0.25, -0.2) is 0 Å². The van der Waals surface area contributed by atoms with Crippen molar-refractivity contribution in [1.29, 1.82) is 0 Å². The molecule has 0 saturated carbocycles. The van der Waals surface area contributed by atoms with Gasteiger partial charge in [0, 0.05) is 16.5 Å². The van der Waals surface area contributed by atoms with E-state index in [0.29, 0.717) is 0 Å². The summed E-state index contributed by atoms with van der Waals surface area (Å²) in [5, 5.41) is 7.14. The number of hydrogen-bond acceptors (Lipinski definition) is 1. The zero-order chi connectivity index (χ0) is 20.8. The number of anilines is 1. The Balaban J connectivity index is 1.58. The van der Waals surface area contributed by atoms with E-state index >= 15 is 0 Å².